The molecule has 0 radical (unpaired) electrons. The van der Waals surface area contributed by atoms with Gasteiger partial charge in [0.15, 0.2) is 0 Å². The topological polar surface area (TPSA) is 43.4 Å². The third-order valence-corrected chi connectivity index (χ3v) is 6.01. The van der Waals surface area contributed by atoms with Gasteiger partial charge >= 0.3 is 119 Å². The molecule has 1 aliphatic carbocycles. The van der Waals surface area contributed by atoms with Crippen LogP contribution in [0.3, 0.4) is 0 Å². The number of hydrogen-bond acceptors (Lipinski definition) is 3. The van der Waals surface area contributed by atoms with Gasteiger partial charge in [0.1, 0.15) is 0 Å². The molecule has 1 aliphatic rings. The van der Waals surface area contributed by atoms with Crippen LogP contribution in [0.25, 0.3) is 0 Å². The summed E-state index contributed by atoms with van der Waals surface area (Å²) in [5, 5.41) is 0. The molecule has 3 nitrogen and oxygen atoms in total. The zero-order chi connectivity index (χ0) is 13.7. The summed E-state index contributed by atoms with van der Waals surface area (Å²) in [6, 6.07) is 9.93. The Kier molecular flexibility index (Phi) is 5.17. The molecule has 0 amide bonds. The van der Waals surface area contributed by atoms with Gasteiger partial charge in [0, 0.05) is 0 Å². The van der Waals surface area contributed by atoms with E-state index in [2.05, 4.69) is 0 Å². The van der Waals surface area contributed by atoms with Gasteiger partial charge in [-0.3, -0.25) is 0 Å². The first-order chi connectivity index (χ1) is 9.22. The van der Waals surface area contributed by atoms with Gasteiger partial charge in [0.25, 0.3) is 0 Å². The van der Waals surface area contributed by atoms with Crippen LogP contribution in [0, 0.1) is 5.92 Å². The zero-order valence-electron chi connectivity index (χ0n) is 11.0. The molecule has 0 aromatic heterocycles. The van der Waals surface area contributed by atoms with Crippen molar-refractivity contribution < 1.29 is 14.3 Å². The number of rotatable bonds is 5. The van der Waals surface area contributed by atoms with Crippen molar-refractivity contribution in [2.45, 2.75) is 31.0 Å². The van der Waals surface area contributed by atoms with Gasteiger partial charge in [-0.1, -0.05) is 0 Å². The van der Waals surface area contributed by atoms with E-state index in [1.807, 2.05) is 30.3 Å². The van der Waals surface area contributed by atoms with Crippen LogP contribution in [0.15, 0.2) is 30.3 Å². The Balaban J connectivity index is 2.14. The Morgan fingerprint density at radius 2 is 2.16 bits per heavy atom. The van der Waals surface area contributed by atoms with E-state index < -0.39 is 0 Å². The van der Waals surface area contributed by atoms with Crippen LogP contribution < -0.4 is 4.46 Å². The fourth-order valence-corrected chi connectivity index (χ4v) is 4.90. The fraction of sp³-hybridized carbons (Fsp3) is 0.467. The van der Waals surface area contributed by atoms with Gasteiger partial charge in [-0.05, 0) is 0 Å². The predicted molar refractivity (Wildman–Crippen MR) is 74.6 cm³/mol. The van der Waals surface area contributed by atoms with Crippen LogP contribution in [-0.4, -0.2) is 33.3 Å². The second kappa shape index (κ2) is 6.88. The molecule has 1 saturated carbocycles. The van der Waals surface area contributed by atoms with Gasteiger partial charge < -0.3 is 0 Å². The predicted octanol–water partition coefficient (Wildman–Crippen LogP) is 1.74. The Hall–Kier alpha value is -1.12. The molecule has 0 N–H and O–H groups in total. The number of ether oxygens (including phenoxy) is 1. The third-order valence-electron chi connectivity index (χ3n) is 3.24. The van der Waals surface area contributed by atoms with E-state index in [-0.39, 0.29) is 37.4 Å². The second-order valence-corrected chi connectivity index (χ2v) is 7.12. The SMILES string of the molecule is CCOC(=O)C([Se]c1ccccc1)C1CCCC1=O. The van der Waals surface area contributed by atoms with E-state index in [1.54, 1.807) is 6.92 Å². The molecule has 1 aromatic rings. The van der Waals surface area contributed by atoms with Crippen molar-refractivity contribution in [2.24, 2.45) is 5.92 Å². The molecule has 102 valence electrons. The molecule has 2 atom stereocenters. The van der Waals surface area contributed by atoms with Crippen LogP contribution in [0.2, 0.25) is 4.82 Å². The van der Waals surface area contributed by atoms with E-state index in [1.165, 1.54) is 0 Å². The van der Waals surface area contributed by atoms with E-state index in [9.17, 15) is 9.59 Å². The maximum absolute atomic E-state index is 12.1. The molecule has 2 unspecified atom stereocenters. The van der Waals surface area contributed by atoms with Crippen molar-refractivity contribution in [1.82, 2.24) is 0 Å². The number of carbonyl (C=O) groups is 2. The van der Waals surface area contributed by atoms with Crippen molar-refractivity contribution in [3.05, 3.63) is 30.3 Å². The number of ketones is 1. The molecule has 2 rings (SSSR count). The molecule has 19 heavy (non-hydrogen) atoms. The van der Waals surface area contributed by atoms with Gasteiger partial charge in [0.05, 0.1) is 0 Å². The molecule has 0 heterocycles. The number of Topliss-reactive ketones (excluding diaryl/α,β-unsaturated/α-hetero) is 1. The molecule has 0 aliphatic heterocycles. The van der Waals surface area contributed by atoms with E-state index in [0.717, 1.165) is 17.3 Å². The molecule has 1 fully saturated rings. The maximum atomic E-state index is 12.1. The Labute approximate surface area is 119 Å². The van der Waals surface area contributed by atoms with Crippen LogP contribution in [0.4, 0.5) is 0 Å². The van der Waals surface area contributed by atoms with E-state index in [4.69, 9.17) is 4.74 Å². The van der Waals surface area contributed by atoms with Crippen molar-refractivity contribution in [2.75, 3.05) is 6.61 Å². The summed E-state index contributed by atoms with van der Waals surface area (Å²) in [4.78, 5) is 23.8. The molecule has 0 saturated heterocycles. The third kappa shape index (κ3) is 3.68. The monoisotopic (exact) mass is 326 g/mol. The summed E-state index contributed by atoms with van der Waals surface area (Å²) in [6.07, 6.45) is 2.35. The van der Waals surface area contributed by atoms with Gasteiger partial charge in [-0.15, -0.1) is 0 Å². The van der Waals surface area contributed by atoms with Crippen LogP contribution in [0.1, 0.15) is 26.2 Å². The molecular weight excluding hydrogens is 307 g/mol. The minimum absolute atomic E-state index is 0.0435. The summed E-state index contributed by atoms with van der Waals surface area (Å²) < 4.78 is 6.31. The number of esters is 1. The Morgan fingerprint density at radius 3 is 2.74 bits per heavy atom. The first-order valence-electron chi connectivity index (χ1n) is 6.63. The Morgan fingerprint density at radius 1 is 1.42 bits per heavy atom. The van der Waals surface area contributed by atoms with Crippen molar-refractivity contribution in [3.63, 3.8) is 0 Å². The average molecular weight is 325 g/mol. The normalized spacial score (nSPS) is 20.3. The van der Waals surface area contributed by atoms with E-state index in [0.29, 0.717) is 13.0 Å². The van der Waals surface area contributed by atoms with Gasteiger partial charge in [-0.2, -0.15) is 0 Å². The van der Waals surface area contributed by atoms with E-state index >= 15 is 0 Å². The van der Waals surface area contributed by atoms with Crippen LogP contribution in [0.5, 0.6) is 0 Å². The summed E-state index contributed by atoms with van der Waals surface area (Å²) >= 11 is -0.0435. The summed E-state index contributed by atoms with van der Waals surface area (Å²) in [5.74, 6) is -0.0956. The van der Waals surface area contributed by atoms with Gasteiger partial charge in [-0.25, -0.2) is 0 Å². The number of benzene rings is 1. The summed E-state index contributed by atoms with van der Waals surface area (Å²) in [5.41, 5.74) is 0. The molecule has 0 bridgehead atoms. The minimum atomic E-state index is -0.259. The van der Waals surface area contributed by atoms with Crippen molar-refractivity contribution in [3.8, 4) is 0 Å². The Bertz CT molecular complexity index is 444. The summed E-state index contributed by atoms with van der Waals surface area (Å²) in [7, 11) is 0. The molecule has 0 spiro atoms. The quantitative estimate of drug-likeness (QED) is 0.612. The van der Waals surface area contributed by atoms with Crippen LogP contribution >= 0.6 is 0 Å². The van der Waals surface area contributed by atoms with Crippen LogP contribution in [-0.2, 0) is 14.3 Å². The molecule has 1 aromatic carbocycles. The number of carbonyl (C=O) groups excluding carboxylic acids is 2. The van der Waals surface area contributed by atoms with Crippen molar-refractivity contribution >= 4 is 31.2 Å². The molecule has 4 heteroatoms. The average Bonchev–Trinajstić information content (AvgIpc) is 2.83. The standard InChI is InChI=1S/C15H18O3Se/c1-2-18-15(17)14(12-9-6-10-13(12)16)19-11-7-4-3-5-8-11/h3-5,7-8,12,14H,2,6,9-10H2,1H3. The number of hydrogen-bond donors (Lipinski definition) is 0. The summed E-state index contributed by atoms with van der Waals surface area (Å²) in [6.45, 7) is 2.18. The fourth-order valence-electron chi connectivity index (χ4n) is 2.33. The van der Waals surface area contributed by atoms with Gasteiger partial charge in [0.2, 0.25) is 0 Å². The van der Waals surface area contributed by atoms with Crippen molar-refractivity contribution in [1.29, 1.82) is 0 Å². The zero-order valence-corrected chi connectivity index (χ0v) is 12.7. The second-order valence-electron chi connectivity index (χ2n) is 4.57. The first-order valence-corrected chi connectivity index (χ1v) is 8.48. The molecular formula is C15H18O3Se. The first kappa shape index (κ1) is 14.3.